The van der Waals surface area contributed by atoms with E-state index >= 15 is 0 Å². The van der Waals surface area contributed by atoms with E-state index in [1.165, 1.54) is 4.90 Å². The highest BCUT2D eigenvalue weighted by molar-refractivity contribution is 7.55. The Morgan fingerprint density at radius 1 is 1.18 bits per heavy atom. The van der Waals surface area contributed by atoms with Gasteiger partial charge in [-0.05, 0) is 32.3 Å². The molecule has 1 heterocycles. The predicted molar refractivity (Wildman–Crippen MR) is 105 cm³/mol. The second-order valence-corrected chi connectivity index (χ2v) is 8.68. The third-order valence-electron chi connectivity index (χ3n) is 4.45. The Labute approximate surface area is 165 Å². The SMILES string of the molecule is CCOP(=O)(OCC)C(NC(=O)Cc1ccccc1)C(=O)N1CCC(O)CC1. The van der Waals surface area contributed by atoms with Crippen molar-refractivity contribution in [2.45, 2.75) is 45.0 Å². The number of aliphatic hydroxyl groups is 1. The Kier molecular flexibility index (Phi) is 8.63. The number of carbonyl (C=O) groups excluding carboxylic acids is 2. The molecule has 1 atom stereocenters. The lowest BCUT2D eigenvalue weighted by Gasteiger charge is -2.34. The number of piperidine rings is 1. The highest BCUT2D eigenvalue weighted by Crippen LogP contribution is 2.52. The summed E-state index contributed by atoms with van der Waals surface area (Å²) in [5.41, 5.74) is 0.773. The van der Waals surface area contributed by atoms with Gasteiger partial charge in [-0.15, -0.1) is 0 Å². The maximum Gasteiger partial charge on any atom is 0.362 e. The van der Waals surface area contributed by atoms with Crippen LogP contribution in [0.1, 0.15) is 32.3 Å². The van der Waals surface area contributed by atoms with Crippen molar-refractivity contribution < 1.29 is 28.3 Å². The van der Waals surface area contributed by atoms with Crippen LogP contribution in [0.5, 0.6) is 0 Å². The summed E-state index contributed by atoms with van der Waals surface area (Å²) in [5, 5.41) is 12.3. The molecule has 9 heteroatoms. The molecule has 1 aromatic rings. The van der Waals surface area contributed by atoms with Crippen molar-refractivity contribution in [1.82, 2.24) is 10.2 Å². The van der Waals surface area contributed by atoms with E-state index in [-0.39, 0.29) is 19.6 Å². The summed E-state index contributed by atoms with van der Waals surface area (Å²) in [6, 6.07) is 9.07. The van der Waals surface area contributed by atoms with Crippen molar-refractivity contribution in [3.63, 3.8) is 0 Å². The molecule has 1 aliphatic rings. The Balaban J connectivity index is 2.20. The molecule has 1 aliphatic heterocycles. The zero-order valence-electron chi connectivity index (χ0n) is 16.4. The molecule has 0 aliphatic carbocycles. The molecule has 0 radical (unpaired) electrons. The molecular formula is C19H29N2O6P. The standard InChI is InChI=1S/C19H29N2O6P/c1-3-26-28(25,27-4-2)18(19(24)21-12-10-16(22)11-13-21)20-17(23)14-15-8-6-5-7-9-15/h5-9,16,18,22H,3-4,10-14H2,1-2H3,(H,20,23). The van der Waals surface area contributed by atoms with E-state index in [4.69, 9.17) is 9.05 Å². The van der Waals surface area contributed by atoms with Crippen LogP contribution in [0.3, 0.4) is 0 Å². The van der Waals surface area contributed by atoms with E-state index in [0.29, 0.717) is 25.9 Å². The largest absolute Gasteiger partial charge is 0.393 e. The van der Waals surface area contributed by atoms with Gasteiger partial charge in [-0.2, -0.15) is 0 Å². The summed E-state index contributed by atoms with van der Waals surface area (Å²) in [5.74, 6) is -2.38. The molecule has 0 bridgehead atoms. The summed E-state index contributed by atoms with van der Waals surface area (Å²) in [6.07, 6.45) is 0.455. The van der Waals surface area contributed by atoms with E-state index in [1.807, 2.05) is 18.2 Å². The first-order valence-corrected chi connectivity index (χ1v) is 11.2. The van der Waals surface area contributed by atoms with Gasteiger partial charge in [0, 0.05) is 13.1 Å². The predicted octanol–water partition coefficient (Wildman–Crippen LogP) is 1.92. The normalized spacial score (nSPS) is 16.6. The number of hydrogen-bond acceptors (Lipinski definition) is 6. The monoisotopic (exact) mass is 412 g/mol. The number of aliphatic hydroxyl groups excluding tert-OH is 1. The van der Waals surface area contributed by atoms with Crippen LogP contribution < -0.4 is 5.32 Å². The van der Waals surface area contributed by atoms with E-state index in [1.54, 1.807) is 26.0 Å². The average Bonchev–Trinajstić information content (AvgIpc) is 2.67. The summed E-state index contributed by atoms with van der Waals surface area (Å²) in [4.78, 5) is 27.1. The maximum absolute atomic E-state index is 13.3. The number of hydrogen-bond donors (Lipinski definition) is 2. The second-order valence-electron chi connectivity index (χ2n) is 6.56. The van der Waals surface area contributed by atoms with Gasteiger partial charge >= 0.3 is 7.60 Å². The Bertz CT molecular complexity index is 681. The zero-order valence-corrected chi connectivity index (χ0v) is 17.3. The first-order valence-electron chi connectivity index (χ1n) is 9.58. The van der Waals surface area contributed by atoms with Crippen LogP contribution in [0.2, 0.25) is 0 Å². The maximum atomic E-state index is 13.3. The van der Waals surface area contributed by atoms with Crippen LogP contribution in [-0.4, -0.2) is 60.0 Å². The minimum atomic E-state index is -3.91. The van der Waals surface area contributed by atoms with Crippen molar-refractivity contribution in [2.24, 2.45) is 0 Å². The number of likely N-dealkylation sites (tertiary alicyclic amines) is 1. The molecule has 28 heavy (non-hydrogen) atoms. The smallest absolute Gasteiger partial charge is 0.362 e. The van der Waals surface area contributed by atoms with Gasteiger partial charge in [-0.1, -0.05) is 30.3 Å². The van der Waals surface area contributed by atoms with Gasteiger partial charge in [0.1, 0.15) is 0 Å². The van der Waals surface area contributed by atoms with Crippen molar-refractivity contribution in [1.29, 1.82) is 0 Å². The molecule has 2 N–H and O–H groups in total. The van der Waals surface area contributed by atoms with Gasteiger partial charge < -0.3 is 24.4 Å². The minimum Gasteiger partial charge on any atom is -0.393 e. The first-order chi connectivity index (χ1) is 13.4. The van der Waals surface area contributed by atoms with Crippen LogP contribution in [-0.2, 0) is 29.6 Å². The van der Waals surface area contributed by atoms with Crippen LogP contribution in [0.4, 0.5) is 0 Å². The van der Waals surface area contributed by atoms with Gasteiger partial charge in [0.05, 0.1) is 25.7 Å². The molecule has 1 fully saturated rings. The lowest BCUT2D eigenvalue weighted by Crippen LogP contribution is -2.51. The molecule has 0 spiro atoms. The molecule has 2 rings (SSSR count). The average molecular weight is 412 g/mol. The second kappa shape index (κ2) is 10.7. The fraction of sp³-hybridized carbons (Fsp3) is 0.579. The molecule has 1 unspecified atom stereocenters. The molecule has 156 valence electrons. The summed E-state index contributed by atoms with van der Waals surface area (Å²) in [7, 11) is -3.91. The van der Waals surface area contributed by atoms with Gasteiger partial charge in [0.15, 0.2) is 0 Å². The van der Waals surface area contributed by atoms with Crippen LogP contribution in [0.15, 0.2) is 30.3 Å². The van der Waals surface area contributed by atoms with Gasteiger partial charge in [-0.25, -0.2) is 0 Å². The summed E-state index contributed by atoms with van der Waals surface area (Å²) < 4.78 is 24.0. The van der Waals surface area contributed by atoms with Crippen LogP contribution in [0, 0.1) is 0 Å². The Morgan fingerprint density at radius 2 is 1.75 bits per heavy atom. The van der Waals surface area contributed by atoms with Gasteiger partial charge in [0.25, 0.3) is 5.91 Å². The molecule has 0 saturated carbocycles. The Morgan fingerprint density at radius 3 is 2.29 bits per heavy atom. The lowest BCUT2D eigenvalue weighted by molar-refractivity contribution is -0.136. The third kappa shape index (κ3) is 6.14. The molecule has 1 saturated heterocycles. The number of nitrogens with zero attached hydrogens (tertiary/aromatic N) is 1. The molecule has 2 amide bonds. The fourth-order valence-corrected chi connectivity index (χ4v) is 4.89. The lowest BCUT2D eigenvalue weighted by atomic mass is 10.1. The van der Waals surface area contributed by atoms with E-state index in [9.17, 15) is 19.3 Å². The third-order valence-corrected chi connectivity index (χ3v) is 6.67. The number of carbonyl (C=O) groups is 2. The van der Waals surface area contributed by atoms with Crippen molar-refractivity contribution in [3.8, 4) is 0 Å². The molecular weight excluding hydrogens is 383 g/mol. The van der Waals surface area contributed by atoms with Crippen molar-refractivity contribution >= 4 is 19.4 Å². The fourth-order valence-electron chi connectivity index (χ4n) is 3.07. The van der Waals surface area contributed by atoms with Gasteiger partial charge in [0.2, 0.25) is 11.7 Å². The molecule has 1 aromatic carbocycles. The van der Waals surface area contributed by atoms with E-state index in [0.717, 1.165) is 5.56 Å². The van der Waals surface area contributed by atoms with Crippen LogP contribution in [0.25, 0.3) is 0 Å². The summed E-state index contributed by atoms with van der Waals surface area (Å²) >= 11 is 0. The molecule has 8 nitrogen and oxygen atoms in total. The number of rotatable bonds is 9. The number of nitrogens with one attached hydrogen (secondary N) is 1. The highest BCUT2D eigenvalue weighted by atomic mass is 31.2. The van der Waals surface area contributed by atoms with E-state index in [2.05, 4.69) is 5.32 Å². The van der Waals surface area contributed by atoms with Crippen LogP contribution >= 0.6 is 7.60 Å². The number of amides is 2. The topological polar surface area (TPSA) is 105 Å². The van der Waals surface area contributed by atoms with Crippen molar-refractivity contribution in [3.05, 3.63) is 35.9 Å². The summed E-state index contributed by atoms with van der Waals surface area (Å²) in [6.45, 7) is 4.10. The minimum absolute atomic E-state index is 0.0432. The first kappa shape index (κ1) is 22.6. The number of benzene rings is 1. The highest BCUT2D eigenvalue weighted by Gasteiger charge is 2.44. The van der Waals surface area contributed by atoms with E-state index < -0.39 is 31.3 Å². The Hall–Kier alpha value is -1.73. The van der Waals surface area contributed by atoms with Crippen molar-refractivity contribution in [2.75, 3.05) is 26.3 Å². The van der Waals surface area contributed by atoms with Gasteiger partial charge in [-0.3, -0.25) is 14.2 Å². The molecule has 0 aromatic heterocycles. The zero-order chi connectivity index (χ0) is 20.6. The quantitative estimate of drug-likeness (QED) is 0.601.